The van der Waals surface area contributed by atoms with Gasteiger partial charge in [0, 0.05) is 23.9 Å². The van der Waals surface area contributed by atoms with Gasteiger partial charge in [0.15, 0.2) is 0 Å². The average molecular weight is 496 g/mol. The quantitative estimate of drug-likeness (QED) is 0.294. The van der Waals surface area contributed by atoms with E-state index < -0.39 is 3.79 Å². The lowest BCUT2D eigenvalue weighted by atomic mass is 10.2. The third kappa shape index (κ3) is 7.29. The highest BCUT2D eigenvalue weighted by Gasteiger charge is 2.22. The maximum atomic E-state index is 11.1. The van der Waals surface area contributed by atoms with E-state index in [1.54, 1.807) is 72.8 Å². The van der Waals surface area contributed by atoms with Crippen molar-refractivity contribution in [2.75, 3.05) is 10.6 Å². The van der Waals surface area contributed by atoms with Crippen molar-refractivity contribution in [3.05, 3.63) is 78.4 Å². The first kappa shape index (κ1) is 23.2. The lowest BCUT2D eigenvalue weighted by molar-refractivity contribution is -0.114. The van der Waals surface area contributed by atoms with Gasteiger partial charge in [-0.25, -0.2) is 0 Å². The molecule has 0 atom stereocenters. The molecule has 2 N–H and O–H groups in total. The van der Waals surface area contributed by atoms with E-state index in [4.69, 9.17) is 56.5 Å². The lowest BCUT2D eigenvalue weighted by Gasteiger charge is -2.13. The van der Waals surface area contributed by atoms with E-state index in [0.717, 1.165) is 5.69 Å². The first-order valence-corrected chi connectivity index (χ1v) is 10.5. The normalized spacial score (nSPS) is 10.8. The molecule has 160 valence electrons. The highest BCUT2D eigenvalue weighted by atomic mass is 35.6. The largest absolute Gasteiger partial charge is 0.457 e. The molecule has 0 fully saturated rings. The molecule has 3 aromatic rings. The zero-order valence-electron chi connectivity index (χ0n) is 16.2. The number of hydrogen-bond acceptors (Lipinski definition) is 4. The van der Waals surface area contributed by atoms with Gasteiger partial charge >= 0.3 is 0 Å². The highest BCUT2D eigenvalue weighted by Crippen LogP contribution is 2.39. The molecule has 0 saturated heterocycles. The van der Waals surface area contributed by atoms with Crippen LogP contribution in [0.4, 0.5) is 11.4 Å². The molecular formula is C22H17Cl3N2O3S. The van der Waals surface area contributed by atoms with Crippen LogP contribution in [0.5, 0.6) is 17.2 Å². The number of thiocarbonyl (C=S) groups is 1. The molecule has 3 aromatic carbocycles. The van der Waals surface area contributed by atoms with Gasteiger partial charge in [0.05, 0.1) is 0 Å². The second kappa shape index (κ2) is 10.2. The molecule has 0 spiro atoms. The minimum atomic E-state index is -1.47. The number of carbonyl (C=O) groups is 1. The van der Waals surface area contributed by atoms with Gasteiger partial charge in [0.2, 0.25) is 9.70 Å². The Balaban J connectivity index is 1.54. The molecule has 0 saturated carbocycles. The van der Waals surface area contributed by atoms with Crippen molar-refractivity contribution >= 4 is 69.5 Å². The third-order valence-corrected chi connectivity index (χ3v) is 4.74. The number of rotatable bonds is 5. The molecule has 0 aliphatic carbocycles. The van der Waals surface area contributed by atoms with Crippen molar-refractivity contribution < 1.29 is 14.3 Å². The van der Waals surface area contributed by atoms with Gasteiger partial charge < -0.3 is 20.1 Å². The monoisotopic (exact) mass is 494 g/mol. The van der Waals surface area contributed by atoms with Crippen LogP contribution < -0.4 is 20.1 Å². The van der Waals surface area contributed by atoms with Crippen LogP contribution in [0.3, 0.4) is 0 Å². The fourth-order valence-corrected chi connectivity index (χ4v) is 3.11. The fourth-order valence-electron chi connectivity index (χ4n) is 2.51. The summed E-state index contributed by atoms with van der Waals surface area (Å²) in [6.45, 7) is 1.45. The molecule has 0 radical (unpaired) electrons. The number of alkyl halides is 3. The van der Waals surface area contributed by atoms with Gasteiger partial charge in [0.1, 0.15) is 17.2 Å². The van der Waals surface area contributed by atoms with E-state index in [1.165, 1.54) is 6.92 Å². The van der Waals surface area contributed by atoms with E-state index >= 15 is 0 Å². The Hall–Kier alpha value is -2.51. The van der Waals surface area contributed by atoms with Crippen molar-refractivity contribution in [2.45, 2.75) is 10.7 Å². The summed E-state index contributed by atoms with van der Waals surface area (Å²) in [5.74, 6) is 1.65. The smallest absolute Gasteiger partial charge is 0.266 e. The molecule has 5 nitrogen and oxygen atoms in total. The van der Waals surface area contributed by atoms with E-state index in [1.807, 2.05) is 0 Å². The summed E-state index contributed by atoms with van der Waals surface area (Å²) in [5, 5.41) is 5.86. The van der Waals surface area contributed by atoms with Gasteiger partial charge in [-0.2, -0.15) is 0 Å². The van der Waals surface area contributed by atoms with Crippen LogP contribution in [0.1, 0.15) is 12.5 Å². The minimum absolute atomic E-state index is 0.141. The van der Waals surface area contributed by atoms with Gasteiger partial charge in [-0.3, -0.25) is 4.79 Å². The second-order valence-corrected chi connectivity index (χ2v) is 9.02. The number of carbonyl (C=O) groups excluding carboxylic acids is 1. The Morgan fingerprint density at radius 3 is 1.71 bits per heavy atom. The van der Waals surface area contributed by atoms with E-state index in [9.17, 15) is 4.79 Å². The van der Waals surface area contributed by atoms with Crippen LogP contribution in [0.25, 0.3) is 0 Å². The van der Waals surface area contributed by atoms with Gasteiger partial charge in [0.25, 0.3) is 5.17 Å². The van der Waals surface area contributed by atoms with Crippen molar-refractivity contribution in [3.8, 4) is 17.2 Å². The zero-order valence-corrected chi connectivity index (χ0v) is 19.3. The summed E-state index contributed by atoms with van der Waals surface area (Å²) in [5.41, 5.74) is 1.97. The number of ether oxygens (including phenoxy) is 2. The summed E-state index contributed by atoms with van der Waals surface area (Å²) in [7, 11) is 0. The number of anilines is 2. The molecule has 0 aliphatic rings. The first-order valence-electron chi connectivity index (χ1n) is 9.01. The minimum Gasteiger partial charge on any atom is -0.457 e. The Morgan fingerprint density at radius 2 is 1.23 bits per heavy atom. The van der Waals surface area contributed by atoms with Crippen LogP contribution in [0, 0.1) is 0 Å². The van der Waals surface area contributed by atoms with Crippen LogP contribution in [-0.2, 0) is 8.59 Å². The number of nitrogens with one attached hydrogen (secondary N) is 2. The molecule has 9 heteroatoms. The standard InChI is InChI=1S/C22H17Cl3N2O3S/c1-14(28)26-16-4-12-20(13-5-16)30-21(31)27-17-6-10-19(11-7-17)29-18-8-2-15(3-9-18)22(23,24)25/h2-13H,1H3,(H,26,28)(H,27,31). The Bertz CT molecular complexity index is 1050. The number of hydrogen-bond donors (Lipinski definition) is 2. The molecule has 1 amide bonds. The second-order valence-electron chi connectivity index (χ2n) is 6.37. The van der Waals surface area contributed by atoms with Crippen LogP contribution >= 0.6 is 47.0 Å². The number of benzene rings is 3. The summed E-state index contributed by atoms with van der Waals surface area (Å²) >= 11 is 22.8. The molecule has 3 rings (SSSR count). The number of halogens is 3. The Morgan fingerprint density at radius 1 is 0.774 bits per heavy atom. The molecule has 31 heavy (non-hydrogen) atoms. The molecule has 0 aliphatic heterocycles. The van der Waals surface area contributed by atoms with Crippen molar-refractivity contribution in [1.82, 2.24) is 0 Å². The SMILES string of the molecule is CC(=O)Nc1ccc(OC(=S)Nc2ccc(Oc3ccc(C(Cl)(Cl)Cl)cc3)cc2)cc1. The maximum Gasteiger partial charge on any atom is 0.266 e. The molecular weight excluding hydrogens is 479 g/mol. The van der Waals surface area contributed by atoms with Gasteiger partial charge in [-0.05, 0) is 72.9 Å². The highest BCUT2D eigenvalue weighted by molar-refractivity contribution is 7.80. The Labute approximate surface area is 200 Å². The molecule has 0 heterocycles. The van der Waals surface area contributed by atoms with E-state index in [0.29, 0.717) is 28.5 Å². The summed E-state index contributed by atoms with van der Waals surface area (Å²) in [6.07, 6.45) is 0. The van der Waals surface area contributed by atoms with Crippen molar-refractivity contribution in [2.24, 2.45) is 0 Å². The van der Waals surface area contributed by atoms with E-state index in [2.05, 4.69) is 10.6 Å². The molecule has 0 unspecified atom stereocenters. The van der Waals surface area contributed by atoms with E-state index in [-0.39, 0.29) is 11.1 Å². The maximum absolute atomic E-state index is 11.1. The van der Waals surface area contributed by atoms with Crippen molar-refractivity contribution in [1.29, 1.82) is 0 Å². The summed E-state index contributed by atoms with van der Waals surface area (Å²) in [6, 6.07) is 20.9. The van der Waals surface area contributed by atoms with Crippen molar-refractivity contribution in [3.63, 3.8) is 0 Å². The van der Waals surface area contributed by atoms with Crippen LogP contribution in [0.15, 0.2) is 72.8 Å². The predicted octanol–water partition coefficient (Wildman–Crippen LogP) is 7.04. The first-order chi connectivity index (χ1) is 14.7. The average Bonchev–Trinajstić information content (AvgIpc) is 2.70. The van der Waals surface area contributed by atoms with Crippen LogP contribution in [0.2, 0.25) is 0 Å². The topological polar surface area (TPSA) is 59.6 Å². The Kier molecular flexibility index (Phi) is 7.62. The fraction of sp³-hybridized carbons (Fsp3) is 0.0909. The lowest BCUT2D eigenvalue weighted by Crippen LogP contribution is -2.16. The van der Waals surface area contributed by atoms with Gasteiger partial charge in [-0.15, -0.1) is 0 Å². The molecule has 0 bridgehead atoms. The predicted molar refractivity (Wildman–Crippen MR) is 130 cm³/mol. The zero-order chi connectivity index (χ0) is 22.4. The summed E-state index contributed by atoms with van der Waals surface area (Å²) in [4.78, 5) is 11.1. The third-order valence-electron chi connectivity index (χ3n) is 3.90. The van der Waals surface area contributed by atoms with Gasteiger partial charge in [-0.1, -0.05) is 46.9 Å². The number of amides is 1. The molecule has 0 aromatic heterocycles. The van der Waals surface area contributed by atoms with Crippen LogP contribution in [-0.4, -0.2) is 11.1 Å². The summed E-state index contributed by atoms with van der Waals surface area (Å²) < 4.78 is 9.90.